The second kappa shape index (κ2) is 49.7. The van der Waals surface area contributed by atoms with Crippen LogP contribution in [0.4, 0.5) is 0 Å². The van der Waals surface area contributed by atoms with Gasteiger partial charge in [0.25, 0.3) is 0 Å². The summed E-state index contributed by atoms with van der Waals surface area (Å²) >= 11 is 0. The first-order valence-corrected chi connectivity index (χ1v) is 26.3. The molecule has 2 atom stereocenters. The molecule has 0 aliphatic rings. The number of amides is 1. The predicted molar refractivity (Wildman–Crippen MR) is 259 cm³/mol. The van der Waals surface area contributed by atoms with Gasteiger partial charge in [-0.05, 0) is 64.2 Å². The van der Waals surface area contributed by atoms with Crippen LogP contribution in [0.25, 0.3) is 0 Å². The van der Waals surface area contributed by atoms with E-state index in [-0.39, 0.29) is 18.5 Å². The minimum absolute atomic E-state index is 0.0179. The van der Waals surface area contributed by atoms with Crippen molar-refractivity contribution in [3.05, 3.63) is 36.5 Å². The van der Waals surface area contributed by atoms with Crippen LogP contribution in [0.15, 0.2) is 36.5 Å². The lowest BCUT2D eigenvalue weighted by Crippen LogP contribution is -2.45. The topological polar surface area (TPSA) is 95.9 Å². The zero-order valence-corrected chi connectivity index (χ0v) is 39.9. The number of hydrogen-bond acceptors (Lipinski definition) is 5. The molecule has 60 heavy (non-hydrogen) atoms. The molecular formula is C54H101NO5. The second-order valence-electron chi connectivity index (χ2n) is 17.9. The average molecular weight is 844 g/mol. The van der Waals surface area contributed by atoms with E-state index in [2.05, 4.69) is 43.5 Å². The molecule has 2 unspecified atom stereocenters. The van der Waals surface area contributed by atoms with Crippen molar-refractivity contribution < 1.29 is 24.5 Å². The lowest BCUT2D eigenvalue weighted by molar-refractivity contribution is -0.143. The Kier molecular flexibility index (Phi) is 48.1. The van der Waals surface area contributed by atoms with Crippen molar-refractivity contribution in [1.29, 1.82) is 0 Å². The van der Waals surface area contributed by atoms with Gasteiger partial charge in [0.05, 0.1) is 25.4 Å². The SMILES string of the molecule is CCCCC/C=C\C/C=C\CCCCCCCC(=O)OCCCCCCCCCCCCCCCCC(=O)NC(CO)C(O)/C=C/CCCCCCCCCCCCCC. The third-order valence-electron chi connectivity index (χ3n) is 11.9. The van der Waals surface area contributed by atoms with Crippen LogP contribution in [-0.2, 0) is 14.3 Å². The van der Waals surface area contributed by atoms with Crippen LogP contribution in [0, 0.1) is 0 Å². The third-order valence-corrected chi connectivity index (χ3v) is 11.9. The standard InChI is InChI=1S/C54H101NO5/c1-3-5-7-9-11-13-15-17-19-24-28-32-36-40-44-48-54(59)60-49-45-41-37-33-29-25-21-20-23-27-31-35-39-43-47-53(58)55-51(50-56)52(57)46-42-38-34-30-26-22-18-16-14-12-10-8-6-4-2/h11,13,17,19,42,46,51-52,56-57H,3-10,12,14-16,18,20-41,43-45,47-50H2,1-2H3,(H,55,58)/b13-11-,19-17-,46-42+. The molecule has 1 amide bonds. The van der Waals surface area contributed by atoms with Gasteiger partial charge in [-0.3, -0.25) is 9.59 Å². The van der Waals surface area contributed by atoms with Crippen LogP contribution in [0.1, 0.15) is 271 Å². The van der Waals surface area contributed by atoms with Gasteiger partial charge in [0.15, 0.2) is 0 Å². The van der Waals surface area contributed by atoms with Crippen molar-refractivity contribution in [2.75, 3.05) is 13.2 Å². The first-order valence-electron chi connectivity index (χ1n) is 26.3. The summed E-state index contributed by atoms with van der Waals surface area (Å²) in [6.07, 6.45) is 59.9. The van der Waals surface area contributed by atoms with Crippen molar-refractivity contribution in [2.45, 2.75) is 283 Å². The molecule has 6 nitrogen and oxygen atoms in total. The van der Waals surface area contributed by atoms with E-state index in [0.717, 1.165) is 64.2 Å². The van der Waals surface area contributed by atoms with Gasteiger partial charge in [-0.25, -0.2) is 0 Å². The number of rotatable bonds is 48. The van der Waals surface area contributed by atoms with Crippen LogP contribution in [0.5, 0.6) is 0 Å². The number of carbonyl (C=O) groups is 2. The molecule has 6 heteroatoms. The Hall–Kier alpha value is -1.92. The summed E-state index contributed by atoms with van der Waals surface area (Å²) in [6.45, 7) is 4.84. The van der Waals surface area contributed by atoms with E-state index in [1.807, 2.05) is 6.08 Å². The smallest absolute Gasteiger partial charge is 0.305 e. The largest absolute Gasteiger partial charge is 0.466 e. The summed E-state index contributed by atoms with van der Waals surface area (Å²) in [5, 5.41) is 23.0. The number of ether oxygens (including phenoxy) is 1. The average Bonchev–Trinajstić information content (AvgIpc) is 3.25. The summed E-state index contributed by atoms with van der Waals surface area (Å²) in [5.41, 5.74) is 0. The highest BCUT2D eigenvalue weighted by atomic mass is 16.5. The first-order chi connectivity index (χ1) is 29.5. The molecule has 0 aliphatic heterocycles. The molecular weight excluding hydrogens is 743 g/mol. The van der Waals surface area contributed by atoms with Crippen LogP contribution < -0.4 is 5.32 Å². The summed E-state index contributed by atoms with van der Waals surface area (Å²) in [6, 6.07) is -0.636. The number of allylic oxidation sites excluding steroid dienone is 5. The molecule has 0 rings (SSSR count). The summed E-state index contributed by atoms with van der Waals surface area (Å²) in [5.74, 6) is -0.0975. The van der Waals surface area contributed by atoms with Crippen molar-refractivity contribution in [1.82, 2.24) is 5.32 Å². The van der Waals surface area contributed by atoms with Crippen LogP contribution >= 0.6 is 0 Å². The van der Waals surface area contributed by atoms with E-state index in [0.29, 0.717) is 19.4 Å². The van der Waals surface area contributed by atoms with E-state index >= 15 is 0 Å². The van der Waals surface area contributed by atoms with Gasteiger partial charge in [0.1, 0.15) is 0 Å². The second-order valence-corrected chi connectivity index (χ2v) is 17.9. The number of carbonyl (C=O) groups excluding carboxylic acids is 2. The number of hydrogen-bond donors (Lipinski definition) is 3. The van der Waals surface area contributed by atoms with Crippen molar-refractivity contribution in [2.24, 2.45) is 0 Å². The zero-order valence-electron chi connectivity index (χ0n) is 39.9. The molecule has 0 heterocycles. The van der Waals surface area contributed by atoms with Crippen molar-refractivity contribution in [3.8, 4) is 0 Å². The lowest BCUT2D eigenvalue weighted by Gasteiger charge is -2.20. The molecule has 0 saturated heterocycles. The fourth-order valence-corrected chi connectivity index (χ4v) is 7.84. The van der Waals surface area contributed by atoms with Gasteiger partial charge in [-0.1, -0.05) is 230 Å². The highest BCUT2D eigenvalue weighted by molar-refractivity contribution is 5.76. The fourth-order valence-electron chi connectivity index (χ4n) is 7.84. The normalized spacial score (nSPS) is 12.9. The van der Waals surface area contributed by atoms with Crippen LogP contribution in [0.2, 0.25) is 0 Å². The molecule has 0 spiro atoms. The quantitative estimate of drug-likeness (QED) is 0.0322. The van der Waals surface area contributed by atoms with E-state index < -0.39 is 12.1 Å². The number of aliphatic hydroxyl groups is 2. The molecule has 352 valence electrons. The van der Waals surface area contributed by atoms with Gasteiger partial charge in [-0.2, -0.15) is 0 Å². The number of esters is 1. The number of unbranched alkanes of at least 4 members (excludes halogenated alkanes) is 33. The Morgan fingerprint density at radius 2 is 0.833 bits per heavy atom. The molecule has 0 bridgehead atoms. The molecule has 0 aromatic rings. The lowest BCUT2D eigenvalue weighted by atomic mass is 10.0. The van der Waals surface area contributed by atoms with E-state index in [1.165, 1.54) is 180 Å². The Morgan fingerprint density at radius 3 is 1.30 bits per heavy atom. The third kappa shape index (κ3) is 45.6. The molecule has 0 radical (unpaired) electrons. The van der Waals surface area contributed by atoms with Gasteiger partial charge >= 0.3 is 5.97 Å². The molecule has 0 fully saturated rings. The Labute approximate surface area is 373 Å². The summed E-state index contributed by atoms with van der Waals surface area (Å²) < 4.78 is 5.46. The highest BCUT2D eigenvalue weighted by Gasteiger charge is 2.18. The Bertz CT molecular complexity index is 977. The molecule has 0 aliphatic carbocycles. The Morgan fingerprint density at radius 1 is 0.467 bits per heavy atom. The molecule has 0 saturated carbocycles. The van der Waals surface area contributed by atoms with Crippen molar-refractivity contribution >= 4 is 11.9 Å². The van der Waals surface area contributed by atoms with Gasteiger partial charge in [-0.15, -0.1) is 0 Å². The predicted octanol–water partition coefficient (Wildman–Crippen LogP) is 15.7. The van der Waals surface area contributed by atoms with E-state index in [4.69, 9.17) is 4.74 Å². The Balaban J connectivity index is 3.48. The minimum atomic E-state index is -0.851. The first kappa shape index (κ1) is 58.1. The zero-order chi connectivity index (χ0) is 43.7. The van der Waals surface area contributed by atoms with Gasteiger partial charge < -0.3 is 20.3 Å². The van der Waals surface area contributed by atoms with E-state index in [9.17, 15) is 19.8 Å². The molecule has 0 aromatic heterocycles. The maximum atomic E-state index is 12.4. The van der Waals surface area contributed by atoms with Gasteiger partial charge in [0.2, 0.25) is 5.91 Å². The number of aliphatic hydroxyl groups excluding tert-OH is 2. The monoisotopic (exact) mass is 844 g/mol. The highest BCUT2D eigenvalue weighted by Crippen LogP contribution is 2.16. The fraction of sp³-hybridized carbons (Fsp3) is 0.852. The maximum Gasteiger partial charge on any atom is 0.305 e. The van der Waals surface area contributed by atoms with Gasteiger partial charge in [0, 0.05) is 12.8 Å². The van der Waals surface area contributed by atoms with Crippen molar-refractivity contribution in [3.63, 3.8) is 0 Å². The van der Waals surface area contributed by atoms with Crippen LogP contribution in [-0.4, -0.2) is 47.4 Å². The molecule has 3 N–H and O–H groups in total. The summed E-state index contributed by atoms with van der Waals surface area (Å²) in [4.78, 5) is 24.5. The summed E-state index contributed by atoms with van der Waals surface area (Å²) in [7, 11) is 0. The minimum Gasteiger partial charge on any atom is -0.466 e. The maximum absolute atomic E-state index is 12.4. The van der Waals surface area contributed by atoms with E-state index in [1.54, 1.807) is 6.08 Å². The van der Waals surface area contributed by atoms with Crippen LogP contribution in [0.3, 0.4) is 0 Å². The number of nitrogens with one attached hydrogen (secondary N) is 1. The molecule has 0 aromatic carbocycles.